The van der Waals surface area contributed by atoms with Crippen molar-refractivity contribution >= 4 is 27.3 Å². The highest BCUT2D eigenvalue weighted by atomic mass is 32.2. The number of hydrogen-bond acceptors (Lipinski definition) is 6. The summed E-state index contributed by atoms with van der Waals surface area (Å²) in [7, 11) is -2.28. The minimum absolute atomic E-state index is 0.00526. The Kier molecular flexibility index (Phi) is 4.47. The predicted molar refractivity (Wildman–Crippen MR) is 85.6 cm³/mol. The number of ether oxygens (including phenoxy) is 1. The Morgan fingerprint density at radius 1 is 1.35 bits per heavy atom. The lowest BCUT2D eigenvalue weighted by Crippen LogP contribution is -2.32. The van der Waals surface area contributed by atoms with E-state index >= 15 is 0 Å². The molecule has 1 aliphatic carbocycles. The van der Waals surface area contributed by atoms with E-state index in [1.165, 1.54) is 22.8 Å². The van der Waals surface area contributed by atoms with Gasteiger partial charge in [-0.3, -0.25) is 0 Å². The van der Waals surface area contributed by atoms with Gasteiger partial charge in [-0.15, -0.1) is 11.3 Å². The summed E-state index contributed by atoms with van der Waals surface area (Å²) < 4.78 is 31.8. The van der Waals surface area contributed by atoms with Gasteiger partial charge in [-0.1, -0.05) is 18.2 Å². The zero-order valence-electron chi connectivity index (χ0n) is 12.5. The van der Waals surface area contributed by atoms with Gasteiger partial charge in [0.25, 0.3) is 0 Å². The van der Waals surface area contributed by atoms with Crippen molar-refractivity contribution in [2.75, 3.05) is 7.11 Å². The first-order chi connectivity index (χ1) is 11.0. The molecular formula is C15H16N2O4S2. The number of esters is 1. The monoisotopic (exact) mass is 352 g/mol. The number of hydrogen-bond donors (Lipinski definition) is 0. The zero-order chi connectivity index (χ0) is 16.4. The van der Waals surface area contributed by atoms with Crippen molar-refractivity contribution in [2.24, 2.45) is 0 Å². The Morgan fingerprint density at radius 3 is 2.65 bits per heavy atom. The molecule has 0 atom stereocenters. The largest absolute Gasteiger partial charge is 0.464 e. The van der Waals surface area contributed by atoms with Crippen molar-refractivity contribution in [3.05, 3.63) is 46.4 Å². The first kappa shape index (κ1) is 16.1. The van der Waals surface area contributed by atoms with Crippen LogP contribution < -0.4 is 0 Å². The Bertz CT molecular complexity index is 798. The van der Waals surface area contributed by atoms with Crippen LogP contribution in [0.15, 0.2) is 40.6 Å². The molecule has 23 heavy (non-hydrogen) atoms. The van der Waals surface area contributed by atoms with Gasteiger partial charge in [0.05, 0.1) is 18.6 Å². The van der Waals surface area contributed by atoms with E-state index in [1.54, 1.807) is 35.7 Å². The van der Waals surface area contributed by atoms with Crippen LogP contribution in [0.4, 0.5) is 0 Å². The molecule has 1 aliphatic rings. The number of aromatic nitrogens is 1. The summed E-state index contributed by atoms with van der Waals surface area (Å²) in [6.07, 6.45) is 1.70. The van der Waals surface area contributed by atoms with Crippen molar-refractivity contribution in [2.45, 2.75) is 30.3 Å². The van der Waals surface area contributed by atoms with E-state index in [0.717, 1.165) is 12.8 Å². The molecule has 1 saturated carbocycles. The fourth-order valence-corrected chi connectivity index (χ4v) is 4.73. The van der Waals surface area contributed by atoms with E-state index in [9.17, 15) is 13.2 Å². The maximum atomic E-state index is 12.8. The number of sulfonamides is 1. The van der Waals surface area contributed by atoms with Crippen LogP contribution in [0.25, 0.3) is 0 Å². The number of carbonyl (C=O) groups excluding carboxylic acids is 1. The average molecular weight is 352 g/mol. The number of methoxy groups -OCH3 is 1. The minimum Gasteiger partial charge on any atom is -0.464 e. The second-order valence-corrected chi connectivity index (χ2v) is 8.05. The summed E-state index contributed by atoms with van der Waals surface area (Å²) in [4.78, 5) is 15.9. The second-order valence-electron chi connectivity index (χ2n) is 5.21. The number of benzene rings is 1. The first-order valence-corrected chi connectivity index (χ1v) is 9.44. The third-order valence-corrected chi connectivity index (χ3v) is 6.29. The zero-order valence-corrected chi connectivity index (χ0v) is 14.1. The molecule has 1 aromatic carbocycles. The van der Waals surface area contributed by atoms with Gasteiger partial charge in [0, 0.05) is 11.4 Å². The lowest BCUT2D eigenvalue weighted by atomic mass is 10.4. The van der Waals surface area contributed by atoms with E-state index in [0.29, 0.717) is 5.01 Å². The lowest BCUT2D eigenvalue weighted by molar-refractivity contribution is 0.0594. The molecular weight excluding hydrogens is 336 g/mol. The van der Waals surface area contributed by atoms with E-state index in [-0.39, 0.29) is 23.2 Å². The highest BCUT2D eigenvalue weighted by Crippen LogP contribution is 2.33. The van der Waals surface area contributed by atoms with E-state index in [1.807, 2.05) is 0 Å². The quantitative estimate of drug-likeness (QED) is 0.746. The summed E-state index contributed by atoms with van der Waals surface area (Å²) in [5.41, 5.74) is 0.209. The molecule has 0 radical (unpaired) electrons. The molecule has 0 N–H and O–H groups in total. The van der Waals surface area contributed by atoms with Crippen LogP contribution in [0.3, 0.4) is 0 Å². The average Bonchev–Trinajstić information content (AvgIpc) is 3.30. The Hall–Kier alpha value is -1.77. The van der Waals surface area contributed by atoms with Gasteiger partial charge in [0.1, 0.15) is 5.01 Å². The molecule has 8 heteroatoms. The second kappa shape index (κ2) is 6.38. The molecule has 0 unspecified atom stereocenters. The summed E-state index contributed by atoms with van der Waals surface area (Å²) in [5.74, 6) is -0.517. The van der Waals surface area contributed by atoms with E-state index < -0.39 is 16.0 Å². The fourth-order valence-electron chi connectivity index (χ4n) is 2.22. The number of rotatable bonds is 6. The van der Waals surface area contributed by atoms with Gasteiger partial charge in [-0.05, 0) is 25.0 Å². The molecule has 1 heterocycles. The van der Waals surface area contributed by atoms with Gasteiger partial charge in [0.2, 0.25) is 10.0 Å². The molecule has 0 spiro atoms. The van der Waals surface area contributed by atoms with E-state index in [4.69, 9.17) is 0 Å². The van der Waals surface area contributed by atoms with Crippen LogP contribution in [-0.2, 0) is 21.3 Å². The van der Waals surface area contributed by atoms with Crippen molar-refractivity contribution in [1.82, 2.24) is 9.29 Å². The topological polar surface area (TPSA) is 76.6 Å². The molecule has 2 aromatic rings. The molecule has 0 saturated heterocycles. The predicted octanol–water partition coefficient (Wildman–Crippen LogP) is 2.28. The Labute approximate surface area is 138 Å². The number of thiazole rings is 1. The van der Waals surface area contributed by atoms with Crippen LogP contribution in [0.2, 0.25) is 0 Å². The molecule has 0 amide bonds. The Balaban J connectivity index is 1.86. The van der Waals surface area contributed by atoms with Crippen molar-refractivity contribution in [3.8, 4) is 0 Å². The van der Waals surface area contributed by atoms with Crippen LogP contribution >= 0.6 is 11.3 Å². The SMILES string of the molecule is COC(=O)c1csc(CN(C2CC2)S(=O)(=O)c2ccccc2)n1. The van der Waals surface area contributed by atoms with Gasteiger partial charge < -0.3 is 4.74 Å². The van der Waals surface area contributed by atoms with Crippen LogP contribution in [0.5, 0.6) is 0 Å². The van der Waals surface area contributed by atoms with Crippen LogP contribution in [-0.4, -0.2) is 36.8 Å². The molecule has 0 aliphatic heterocycles. The third kappa shape index (κ3) is 3.44. The summed E-state index contributed by atoms with van der Waals surface area (Å²) in [5, 5.41) is 2.17. The smallest absolute Gasteiger partial charge is 0.357 e. The van der Waals surface area contributed by atoms with Crippen molar-refractivity contribution in [1.29, 1.82) is 0 Å². The van der Waals surface area contributed by atoms with Crippen molar-refractivity contribution in [3.63, 3.8) is 0 Å². The molecule has 122 valence electrons. The van der Waals surface area contributed by atoms with Crippen molar-refractivity contribution < 1.29 is 17.9 Å². The van der Waals surface area contributed by atoms with Crippen LogP contribution in [0, 0.1) is 0 Å². The third-order valence-electron chi connectivity index (χ3n) is 3.54. The molecule has 1 fully saturated rings. The first-order valence-electron chi connectivity index (χ1n) is 7.12. The van der Waals surface area contributed by atoms with Gasteiger partial charge in [-0.2, -0.15) is 4.31 Å². The molecule has 1 aromatic heterocycles. The molecule has 0 bridgehead atoms. The summed E-state index contributed by atoms with van der Waals surface area (Å²) in [6, 6.07) is 8.38. The molecule has 3 rings (SSSR count). The highest BCUT2D eigenvalue weighted by molar-refractivity contribution is 7.89. The van der Waals surface area contributed by atoms with Gasteiger partial charge in [0.15, 0.2) is 5.69 Å². The standard InChI is InChI=1S/C15H16N2O4S2/c1-21-15(18)13-10-22-14(16-13)9-17(11-7-8-11)23(19,20)12-5-3-2-4-6-12/h2-6,10-11H,7-9H2,1H3. The Morgan fingerprint density at radius 2 is 2.04 bits per heavy atom. The summed E-state index contributed by atoms with van der Waals surface area (Å²) in [6.45, 7) is 0.170. The normalized spacial score (nSPS) is 14.9. The highest BCUT2D eigenvalue weighted by Gasteiger charge is 2.38. The fraction of sp³-hybridized carbons (Fsp3) is 0.333. The number of carbonyl (C=O) groups is 1. The van der Waals surface area contributed by atoms with Gasteiger partial charge in [-0.25, -0.2) is 18.2 Å². The minimum atomic E-state index is -3.57. The number of nitrogens with zero attached hydrogens (tertiary/aromatic N) is 2. The van der Waals surface area contributed by atoms with Crippen LogP contribution in [0.1, 0.15) is 28.3 Å². The maximum Gasteiger partial charge on any atom is 0.357 e. The van der Waals surface area contributed by atoms with E-state index in [2.05, 4.69) is 9.72 Å². The summed E-state index contributed by atoms with van der Waals surface area (Å²) >= 11 is 1.26. The van der Waals surface area contributed by atoms with Gasteiger partial charge >= 0.3 is 5.97 Å². The molecule has 6 nitrogen and oxygen atoms in total. The lowest BCUT2D eigenvalue weighted by Gasteiger charge is -2.20. The maximum absolute atomic E-state index is 12.8.